The second-order valence-corrected chi connectivity index (χ2v) is 10.5. The number of carbonyl (C=O) groups excluding carboxylic acids is 2. The molecule has 0 unspecified atom stereocenters. The SMILES string of the molecule is CCCCN(CC(=O)N(Cc1ccc2c(c1)OCO2)Cc1coc2ccc(Cl)cc2c1=O)C(=O)NCc1ccccc1. The summed E-state index contributed by atoms with van der Waals surface area (Å²) in [7, 11) is 0. The average molecular weight is 590 g/mol. The van der Waals surface area contributed by atoms with E-state index in [9.17, 15) is 14.4 Å². The highest BCUT2D eigenvalue weighted by atomic mass is 35.5. The van der Waals surface area contributed by atoms with E-state index in [1.54, 1.807) is 29.2 Å². The lowest BCUT2D eigenvalue weighted by Crippen LogP contribution is -2.46. The monoisotopic (exact) mass is 589 g/mol. The van der Waals surface area contributed by atoms with Crippen LogP contribution in [0.15, 0.2) is 82.2 Å². The van der Waals surface area contributed by atoms with E-state index in [0.717, 1.165) is 24.0 Å². The molecule has 1 aromatic heterocycles. The average Bonchev–Trinajstić information content (AvgIpc) is 3.47. The number of rotatable bonds is 11. The van der Waals surface area contributed by atoms with Crippen molar-refractivity contribution in [1.29, 1.82) is 0 Å². The molecule has 0 atom stereocenters. The number of ether oxygens (including phenoxy) is 2. The number of amides is 3. The largest absolute Gasteiger partial charge is 0.464 e. The Bertz CT molecular complexity index is 1620. The molecule has 4 aromatic rings. The summed E-state index contributed by atoms with van der Waals surface area (Å²) in [6, 6.07) is 19.5. The van der Waals surface area contributed by atoms with Gasteiger partial charge in [0.25, 0.3) is 0 Å². The molecule has 0 bridgehead atoms. The van der Waals surface area contributed by atoms with Crippen LogP contribution in [-0.4, -0.2) is 41.6 Å². The van der Waals surface area contributed by atoms with Crippen LogP contribution < -0.4 is 20.2 Å². The first-order valence-corrected chi connectivity index (χ1v) is 14.2. The minimum atomic E-state index is -0.330. The molecular formula is C32H32ClN3O6. The standard InChI is InChI=1S/C32H32ClN3O6/c1-2-3-13-35(32(39)34-16-22-7-5-4-6-8-22)19-30(37)36(17-23-9-11-28-29(14-23)42-21-41-28)18-24-20-40-27-12-10-25(33)15-26(27)31(24)38/h4-12,14-15,20H,2-3,13,16-19,21H2,1H3,(H,34,39). The number of halogens is 1. The molecule has 0 fully saturated rings. The summed E-state index contributed by atoms with van der Waals surface area (Å²) in [5.74, 6) is 0.901. The van der Waals surface area contributed by atoms with Crippen molar-refractivity contribution in [3.05, 3.63) is 105 Å². The van der Waals surface area contributed by atoms with Crippen LogP contribution in [0.5, 0.6) is 11.5 Å². The number of nitrogens with one attached hydrogen (secondary N) is 1. The van der Waals surface area contributed by atoms with Crippen molar-refractivity contribution in [2.24, 2.45) is 0 Å². The Hall–Kier alpha value is -4.50. The van der Waals surface area contributed by atoms with Crippen LogP contribution in [0.4, 0.5) is 4.79 Å². The molecule has 1 aliphatic rings. The molecule has 0 radical (unpaired) electrons. The Kier molecular flexibility index (Phi) is 9.28. The summed E-state index contributed by atoms with van der Waals surface area (Å²) in [6.07, 6.45) is 2.97. The van der Waals surface area contributed by atoms with E-state index in [-0.39, 0.29) is 43.8 Å². The molecule has 10 heteroatoms. The first-order valence-electron chi connectivity index (χ1n) is 13.8. The quantitative estimate of drug-likeness (QED) is 0.240. The van der Waals surface area contributed by atoms with Gasteiger partial charge in [0.05, 0.1) is 23.8 Å². The number of urea groups is 1. The minimum absolute atomic E-state index is 0.0225. The van der Waals surface area contributed by atoms with Crippen LogP contribution in [0.1, 0.15) is 36.5 Å². The number of nitrogens with zero attached hydrogens (tertiary/aromatic N) is 2. The molecule has 2 heterocycles. The van der Waals surface area contributed by atoms with E-state index in [4.69, 9.17) is 25.5 Å². The normalized spacial score (nSPS) is 11.9. The van der Waals surface area contributed by atoms with E-state index in [1.165, 1.54) is 11.2 Å². The van der Waals surface area contributed by atoms with Gasteiger partial charge < -0.3 is 29.0 Å². The maximum atomic E-state index is 13.9. The van der Waals surface area contributed by atoms with Gasteiger partial charge in [0.2, 0.25) is 12.7 Å². The summed E-state index contributed by atoms with van der Waals surface area (Å²) in [6.45, 7) is 2.91. The maximum absolute atomic E-state index is 13.9. The molecule has 42 heavy (non-hydrogen) atoms. The minimum Gasteiger partial charge on any atom is -0.464 e. The van der Waals surface area contributed by atoms with Gasteiger partial charge >= 0.3 is 6.03 Å². The highest BCUT2D eigenvalue weighted by Crippen LogP contribution is 2.33. The Morgan fingerprint density at radius 2 is 1.74 bits per heavy atom. The molecule has 3 aromatic carbocycles. The van der Waals surface area contributed by atoms with Crippen LogP contribution in [0, 0.1) is 0 Å². The third-order valence-electron chi connectivity index (χ3n) is 7.01. The number of fused-ring (bicyclic) bond motifs is 2. The van der Waals surface area contributed by atoms with Gasteiger partial charge in [0.15, 0.2) is 16.9 Å². The lowest BCUT2D eigenvalue weighted by Gasteiger charge is -2.28. The Morgan fingerprint density at radius 1 is 0.929 bits per heavy atom. The van der Waals surface area contributed by atoms with Crippen molar-refractivity contribution >= 4 is 34.5 Å². The highest BCUT2D eigenvalue weighted by Gasteiger charge is 2.24. The van der Waals surface area contributed by atoms with Gasteiger partial charge in [-0.2, -0.15) is 0 Å². The van der Waals surface area contributed by atoms with E-state index >= 15 is 0 Å². The summed E-state index contributed by atoms with van der Waals surface area (Å²) in [5, 5.41) is 3.67. The lowest BCUT2D eigenvalue weighted by atomic mass is 10.1. The van der Waals surface area contributed by atoms with Crippen LogP contribution >= 0.6 is 11.6 Å². The zero-order valence-electron chi connectivity index (χ0n) is 23.3. The van der Waals surface area contributed by atoms with E-state index in [2.05, 4.69) is 5.32 Å². The van der Waals surface area contributed by atoms with Gasteiger partial charge in [0.1, 0.15) is 12.1 Å². The number of benzene rings is 3. The number of hydrogen-bond acceptors (Lipinski definition) is 6. The van der Waals surface area contributed by atoms with Crippen LogP contribution in [-0.2, 0) is 24.4 Å². The summed E-state index contributed by atoms with van der Waals surface area (Å²) >= 11 is 6.14. The van der Waals surface area contributed by atoms with E-state index in [0.29, 0.717) is 46.1 Å². The second kappa shape index (κ2) is 13.4. The second-order valence-electron chi connectivity index (χ2n) is 10.1. The van der Waals surface area contributed by atoms with Crippen molar-refractivity contribution in [2.45, 2.75) is 39.4 Å². The molecule has 0 saturated carbocycles. The van der Waals surface area contributed by atoms with Crippen molar-refractivity contribution in [2.75, 3.05) is 19.9 Å². The fourth-order valence-corrected chi connectivity index (χ4v) is 4.87. The van der Waals surface area contributed by atoms with Crippen LogP contribution in [0.3, 0.4) is 0 Å². The van der Waals surface area contributed by atoms with Crippen molar-refractivity contribution in [3.63, 3.8) is 0 Å². The van der Waals surface area contributed by atoms with Crippen LogP contribution in [0.2, 0.25) is 5.02 Å². The molecule has 1 N–H and O–H groups in total. The van der Waals surface area contributed by atoms with Gasteiger partial charge in [0, 0.05) is 24.7 Å². The molecule has 5 rings (SSSR count). The van der Waals surface area contributed by atoms with Gasteiger partial charge in [-0.1, -0.05) is 61.3 Å². The van der Waals surface area contributed by atoms with Gasteiger partial charge in [-0.3, -0.25) is 9.59 Å². The van der Waals surface area contributed by atoms with Gasteiger partial charge in [-0.25, -0.2) is 4.79 Å². The first kappa shape index (κ1) is 29.0. The summed E-state index contributed by atoms with van der Waals surface area (Å²) < 4.78 is 16.6. The molecule has 0 spiro atoms. The smallest absolute Gasteiger partial charge is 0.318 e. The fraction of sp³-hybridized carbons (Fsp3) is 0.281. The van der Waals surface area contributed by atoms with E-state index < -0.39 is 0 Å². The number of carbonyl (C=O) groups is 2. The zero-order valence-corrected chi connectivity index (χ0v) is 24.1. The number of unbranched alkanes of at least 4 members (excludes halogenated alkanes) is 1. The third-order valence-corrected chi connectivity index (χ3v) is 7.25. The predicted octanol–water partition coefficient (Wildman–Crippen LogP) is 5.72. The maximum Gasteiger partial charge on any atom is 0.318 e. The molecule has 0 saturated heterocycles. The highest BCUT2D eigenvalue weighted by molar-refractivity contribution is 6.31. The first-order chi connectivity index (χ1) is 20.4. The molecule has 1 aliphatic heterocycles. The zero-order chi connectivity index (χ0) is 29.5. The van der Waals surface area contributed by atoms with Gasteiger partial charge in [-0.05, 0) is 47.9 Å². The third kappa shape index (κ3) is 7.03. The molecular weight excluding hydrogens is 558 g/mol. The van der Waals surface area contributed by atoms with E-state index in [1.807, 2.05) is 49.4 Å². The molecule has 0 aliphatic carbocycles. The lowest BCUT2D eigenvalue weighted by molar-refractivity contribution is -0.133. The van der Waals surface area contributed by atoms with Crippen molar-refractivity contribution < 1.29 is 23.5 Å². The van der Waals surface area contributed by atoms with Gasteiger partial charge in [-0.15, -0.1) is 0 Å². The topological polar surface area (TPSA) is 101 Å². The Labute approximate surface area is 248 Å². The van der Waals surface area contributed by atoms with Crippen molar-refractivity contribution in [1.82, 2.24) is 15.1 Å². The molecule has 3 amide bonds. The summed E-state index contributed by atoms with van der Waals surface area (Å²) in [5.41, 5.74) is 2.18. The number of hydrogen-bond donors (Lipinski definition) is 1. The molecule has 9 nitrogen and oxygen atoms in total. The Morgan fingerprint density at radius 3 is 2.55 bits per heavy atom. The van der Waals surface area contributed by atoms with Crippen LogP contribution in [0.25, 0.3) is 11.0 Å². The fourth-order valence-electron chi connectivity index (χ4n) is 4.70. The van der Waals surface area contributed by atoms with Crippen molar-refractivity contribution in [3.8, 4) is 11.5 Å². The summed E-state index contributed by atoms with van der Waals surface area (Å²) in [4.78, 5) is 43.5. The molecule has 218 valence electrons. The Balaban J connectivity index is 1.39. The predicted molar refractivity (Wildman–Crippen MR) is 159 cm³/mol.